The minimum absolute atomic E-state index is 0. The monoisotopic (exact) mass is 878 g/mol. The molecule has 0 atom stereocenters. The number of hydrogen-bond acceptors (Lipinski definition) is 13. The van der Waals surface area contributed by atoms with Gasteiger partial charge in [0.2, 0.25) is 5.97 Å². The number of halogens is 2. The van der Waals surface area contributed by atoms with Gasteiger partial charge >= 0.3 is 53.4 Å². The Labute approximate surface area is 352 Å². The summed E-state index contributed by atoms with van der Waals surface area (Å²) in [6.07, 6.45) is 9.04. The third-order valence-corrected chi connectivity index (χ3v) is 8.35. The number of ketones is 1. The number of carbonyl (C=O) groups is 6. The Bertz CT molecular complexity index is 1480. The number of Topliss-reactive ketones (excluding diaryl/α,β-unsaturated/α-hetero) is 1. The third-order valence-electron chi connectivity index (χ3n) is 7.43. The Balaban J connectivity index is 0. The minimum Gasteiger partial charge on any atom is -0.793 e. The zero-order chi connectivity index (χ0) is 39.8. The molecule has 2 N–H and O–H groups in total. The summed E-state index contributed by atoms with van der Waals surface area (Å²) in [6, 6.07) is 7.45. The molecule has 1 saturated heterocycles. The van der Waals surface area contributed by atoms with Crippen LogP contribution in [-0.2, 0) is 54.2 Å². The predicted molar refractivity (Wildman–Crippen MR) is 201 cm³/mol. The van der Waals surface area contributed by atoms with Crippen molar-refractivity contribution in [2.24, 2.45) is 5.92 Å². The van der Waals surface area contributed by atoms with Gasteiger partial charge in [-0.3, -0.25) is 9.59 Å². The number of rotatable bonds is 4. The van der Waals surface area contributed by atoms with Gasteiger partial charge < -0.3 is 32.6 Å². The Morgan fingerprint density at radius 1 is 0.774 bits per heavy atom. The van der Waals surface area contributed by atoms with Crippen LogP contribution < -0.4 is 35.3 Å². The van der Waals surface area contributed by atoms with Gasteiger partial charge in [0.05, 0.1) is 38.6 Å². The molecule has 0 bridgehead atoms. The molecular formula is C36H48BBr2NNaO12. The maximum absolute atomic E-state index is 11.8. The van der Waals surface area contributed by atoms with Crippen LogP contribution >= 0.6 is 31.9 Å². The standard InChI is InChI=1S/C16H21BrO2.C9H10BrNO2.C5H8O2.C4H6O4.C2H3BO2.Na/c1-11-13(8-12-6-4-3-5-7-12)9-14(17)10-15(11)16(18)19-2;1-5-7(9(12)13-2)3-6(10)4-8(5)11;6-5-1-3-7-4-2-5;1-3(5)7-8-4(2)6;1-2(4)5-3;/h9-10,12H,3-8H2,1-2H3;3-4H,11H2,1-2H3;1-4H2;1-2H3;1H3;/q;;;;-1;+1. The quantitative estimate of drug-likeness (QED) is 0.154. The van der Waals surface area contributed by atoms with Crippen LogP contribution in [0.2, 0.25) is 0 Å². The van der Waals surface area contributed by atoms with Crippen LogP contribution in [0, 0.1) is 19.8 Å². The van der Waals surface area contributed by atoms with Crippen molar-refractivity contribution in [3.05, 3.63) is 61.0 Å². The molecule has 0 aromatic heterocycles. The molecule has 4 rings (SSSR count). The van der Waals surface area contributed by atoms with E-state index in [0.29, 0.717) is 48.7 Å². The maximum atomic E-state index is 11.8. The Morgan fingerprint density at radius 2 is 1.21 bits per heavy atom. The number of anilines is 1. The van der Waals surface area contributed by atoms with Crippen molar-refractivity contribution in [1.82, 2.24) is 0 Å². The molecule has 1 aliphatic heterocycles. The smallest absolute Gasteiger partial charge is 0.793 e. The number of nitrogens with two attached hydrogens (primary N) is 1. The van der Waals surface area contributed by atoms with Crippen LogP contribution in [0.4, 0.5) is 5.69 Å². The molecule has 0 amide bonds. The SMILES string of the molecule is CC(=O)OOC(C)=O.COC(=O)c1cc(Br)cc(CC2CCCCC2)c1C.COC(=O)c1cc(Br)cc(N)c1C.O=C1CCOCC1.[B-]OC(C)=O.[Na+]. The first kappa shape index (κ1) is 52.3. The van der Waals surface area contributed by atoms with Crippen molar-refractivity contribution in [3.63, 3.8) is 0 Å². The zero-order valence-electron chi connectivity index (χ0n) is 31.8. The van der Waals surface area contributed by atoms with E-state index in [2.05, 4.69) is 65.1 Å². The van der Waals surface area contributed by atoms with Gasteiger partial charge in [0.1, 0.15) is 5.78 Å². The van der Waals surface area contributed by atoms with Crippen molar-refractivity contribution >= 4 is 81.2 Å². The summed E-state index contributed by atoms with van der Waals surface area (Å²) < 4.78 is 19.7. The number of carbonyl (C=O) groups excluding carboxylic acids is 6. The second-order valence-electron chi connectivity index (χ2n) is 11.5. The second-order valence-corrected chi connectivity index (χ2v) is 13.3. The first-order chi connectivity index (χ1) is 24.5. The van der Waals surface area contributed by atoms with E-state index in [1.165, 1.54) is 58.8 Å². The fourth-order valence-electron chi connectivity index (χ4n) is 4.71. The Kier molecular flexibility index (Phi) is 29.2. The first-order valence-corrected chi connectivity index (χ1v) is 17.9. The van der Waals surface area contributed by atoms with Crippen molar-refractivity contribution in [2.75, 3.05) is 33.2 Å². The van der Waals surface area contributed by atoms with Crippen LogP contribution in [0.25, 0.3) is 0 Å². The number of methoxy groups -OCH3 is 2. The molecule has 0 unspecified atom stereocenters. The van der Waals surface area contributed by atoms with Gasteiger partial charge in [0.15, 0.2) is 0 Å². The molecule has 1 aliphatic carbocycles. The second kappa shape index (κ2) is 29.6. The van der Waals surface area contributed by atoms with Crippen LogP contribution in [-0.4, -0.2) is 71.1 Å². The average Bonchev–Trinajstić information content (AvgIpc) is 3.11. The van der Waals surface area contributed by atoms with Crippen LogP contribution in [0.15, 0.2) is 33.2 Å². The number of nitrogen functional groups attached to an aromatic ring is 1. The van der Waals surface area contributed by atoms with E-state index < -0.39 is 17.9 Å². The molecule has 1 heterocycles. The van der Waals surface area contributed by atoms with Gasteiger partial charge in [-0.05, 0) is 67.1 Å². The summed E-state index contributed by atoms with van der Waals surface area (Å²) >= 11 is 6.76. The molecule has 2 aromatic carbocycles. The number of benzene rings is 2. The minimum atomic E-state index is -0.639. The predicted octanol–water partition coefficient (Wildman–Crippen LogP) is 3.82. The van der Waals surface area contributed by atoms with Crippen molar-refractivity contribution in [2.45, 2.75) is 86.0 Å². The van der Waals surface area contributed by atoms with E-state index in [4.69, 9.17) is 15.2 Å². The van der Waals surface area contributed by atoms with Crippen molar-refractivity contribution < 1.29 is 87.0 Å². The van der Waals surface area contributed by atoms with E-state index in [-0.39, 0.29) is 41.5 Å². The normalized spacial score (nSPS) is 13.1. The van der Waals surface area contributed by atoms with Crippen LogP contribution in [0.3, 0.4) is 0 Å². The zero-order valence-corrected chi connectivity index (χ0v) is 36.9. The summed E-state index contributed by atoms with van der Waals surface area (Å²) in [5.74, 6) is -1.25. The van der Waals surface area contributed by atoms with E-state index in [9.17, 15) is 28.8 Å². The van der Waals surface area contributed by atoms with Crippen molar-refractivity contribution in [3.8, 4) is 0 Å². The number of esters is 2. The summed E-state index contributed by atoms with van der Waals surface area (Å²) in [6.45, 7) is 8.61. The third kappa shape index (κ3) is 23.6. The molecule has 287 valence electrons. The Hall–Kier alpha value is -2.76. The van der Waals surface area contributed by atoms with E-state index in [1.807, 2.05) is 13.0 Å². The summed E-state index contributed by atoms with van der Waals surface area (Å²) in [7, 11) is 7.10. The molecule has 1 saturated carbocycles. The largest absolute Gasteiger partial charge is 1.00 e. The molecule has 13 nitrogen and oxygen atoms in total. The van der Waals surface area contributed by atoms with Crippen LogP contribution in [0.1, 0.15) is 103 Å². The summed E-state index contributed by atoms with van der Waals surface area (Å²) in [5.41, 5.74) is 10.5. The first-order valence-electron chi connectivity index (χ1n) is 16.3. The van der Waals surface area contributed by atoms with Crippen LogP contribution in [0.5, 0.6) is 0 Å². The number of hydrogen-bond donors (Lipinski definition) is 1. The summed E-state index contributed by atoms with van der Waals surface area (Å²) in [5, 5.41) is 0. The van der Waals surface area contributed by atoms with Gasteiger partial charge in [-0.25, -0.2) is 29.0 Å². The van der Waals surface area contributed by atoms with E-state index in [0.717, 1.165) is 46.3 Å². The molecule has 3 radical (unpaired) electrons. The van der Waals surface area contributed by atoms with E-state index in [1.54, 1.807) is 19.1 Å². The fourth-order valence-corrected chi connectivity index (χ4v) is 5.69. The van der Waals surface area contributed by atoms with Crippen molar-refractivity contribution in [1.29, 1.82) is 0 Å². The summed E-state index contributed by atoms with van der Waals surface area (Å²) in [4.78, 5) is 70.2. The molecule has 2 fully saturated rings. The number of ether oxygens (including phenoxy) is 3. The van der Waals surface area contributed by atoms with Gasteiger partial charge in [-0.2, -0.15) is 0 Å². The van der Waals surface area contributed by atoms with Gasteiger partial charge in [-0.15, -0.1) is 0 Å². The van der Waals surface area contributed by atoms with Gasteiger partial charge in [-0.1, -0.05) is 64.0 Å². The van der Waals surface area contributed by atoms with Gasteiger partial charge in [0.25, 0.3) is 0 Å². The molecular weight excluding hydrogens is 832 g/mol. The Morgan fingerprint density at radius 3 is 1.58 bits per heavy atom. The average molecular weight is 880 g/mol. The molecule has 2 aromatic rings. The topological polar surface area (TPSA) is 184 Å². The fraction of sp³-hybridized carbons (Fsp3) is 0.500. The molecule has 53 heavy (non-hydrogen) atoms. The maximum Gasteiger partial charge on any atom is 1.00 e. The van der Waals surface area contributed by atoms with E-state index >= 15 is 0 Å². The molecule has 2 aliphatic rings. The van der Waals surface area contributed by atoms with Gasteiger partial charge in [0, 0.05) is 48.2 Å². The molecule has 17 heteroatoms. The molecule has 0 spiro atoms.